The molecule has 0 unspecified atom stereocenters. The number of ether oxygens (including phenoxy) is 1. The molecule has 7 nitrogen and oxygen atoms in total. The Morgan fingerprint density at radius 3 is 2.66 bits per heavy atom. The van der Waals surface area contributed by atoms with E-state index in [0.717, 1.165) is 33.0 Å². The number of para-hydroxylation sites is 1. The number of fused-ring (bicyclic) bond motifs is 1. The van der Waals surface area contributed by atoms with E-state index in [1.165, 1.54) is 18.5 Å². The van der Waals surface area contributed by atoms with Crippen molar-refractivity contribution in [1.82, 2.24) is 24.3 Å². The van der Waals surface area contributed by atoms with E-state index in [9.17, 15) is 18.0 Å². The zero-order valence-electron chi connectivity index (χ0n) is 20.3. The first-order valence-corrected chi connectivity index (χ1v) is 11.9. The standard InChI is InChI=1S/C27H21ClF3N5O2/c1-16-12-33-36(13-16)23-11-17(2)34-25-18(23)5-3-7-24(25)38-15-19-21(28)8-9-32-22(19)14-35-10-4-6-20(26(35)37)27(29,30)31/h3-13H,14-15H2,1-2H3. The number of hydrogen-bond acceptors (Lipinski definition) is 5. The second kappa shape index (κ2) is 9.94. The van der Waals surface area contributed by atoms with E-state index >= 15 is 0 Å². The highest BCUT2D eigenvalue weighted by molar-refractivity contribution is 6.31. The third kappa shape index (κ3) is 4.99. The summed E-state index contributed by atoms with van der Waals surface area (Å²) in [6.07, 6.45) is 1.63. The van der Waals surface area contributed by atoms with Crippen LogP contribution in [0.15, 0.2) is 72.0 Å². The highest BCUT2D eigenvalue weighted by Gasteiger charge is 2.34. The first-order valence-electron chi connectivity index (χ1n) is 11.6. The maximum atomic E-state index is 13.2. The molecule has 0 aliphatic rings. The van der Waals surface area contributed by atoms with Crippen molar-refractivity contribution in [1.29, 1.82) is 0 Å². The largest absolute Gasteiger partial charge is 0.486 e. The number of benzene rings is 1. The van der Waals surface area contributed by atoms with E-state index in [1.807, 2.05) is 38.2 Å². The fraction of sp³-hybridized carbons (Fsp3) is 0.185. The SMILES string of the molecule is Cc1cnn(-c2cc(C)nc3c(OCc4c(Cl)ccnc4Cn4cccc(C(F)(F)F)c4=O)cccc23)c1. The molecule has 1 aromatic carbocycles. The maximum absolute atomic E-state index is 13.2. The van der Waals surface area contributed by atoms with Gasteiger partial charge in [0.05, 0.1) is 29.1 Å². The molecule has 194 valence electrons. The predicted molar refractivity (Wildman–Crippen MR) is 137 cm³/mol. The van der Waals surface area contributed by atoms with Crippen LogP contribution < -0.4 is 10.3 Å². The van der Waals surface area contributed by atoms with Crippen molar-refractivity contribution >= 4 is 22.5 Å². The third-order valence-electron chi connectivity index (χ3n) is 5.97. The van der Waals surface area contributed by atoms with Crippen molar-refractivity contribution < 1.29 is 17.9 Å². The quantitative estimate of drug-likeness (QED) is 0.269. The minimum absolute atomic E-state index is 0.0410. The van der Waals surface area contributed by atoms with Gasteiger partial charge in [0.2, 0.25) is 0 Å². The number of rotatable bonds is 6. The zero-order chi connectivity index (χ0) is 27.0. The topological polar surface area (TPSA) is 74.8 Å². The van der Waals surface area contributed by atoms with Gasteiger partial charge in [0.15, 0.2) is 0 Å². The second-order valence-corrected chi connectivity index (χ2v) is 9.16. The molecule has 0 aliphatic heterocycles. The van der Waals surface area contributed by atoms with Crippen LogP contribution in [0.1, 0.15) is 28.1 Å². The normalized spacial score (nSPS) is 11.7. The molecule has 0 N–H and O–H groups in total. The molecule has 0 saturated heterocycles. The average molecular weight is 540 g/mol. The number of nitrogens with zero attached hydrogens (tertiary/aromatic N) is 5. The molecule has 0 atom stereocenters. The van der Waals surface area contributed by atoms with Crippen molar-refractivity contribution in [2.24, 2.45) is 0 Å². The summed E-state index contributed by atoms with van der Waals surface area (Å²) in [7, 11) is 0. The maximum Gasteiger partial charge on any atom is 0.421 e. The van der Waals surface area contributed by atoms with Crippen LogP contribution in [0.4, 0.5) is 13.2 Å². The van der Waals surface area contributed by atoms with Crippen LogP contribution in [0.25, 0.3) is 16.6 Å². The van der Waals surface area contributed by atoms with Crippen LogP contribution in [0, 0.1) is 13.8 Å². The molecule has 5 aromatic rings. The van der Waals surface area contributed by atoms with E-state index in [-0.39, 0.29) is 13.2 Å². The van der Waals surface area contributed by atoms with Crippen molar-refractivity contribution in [3.8, 4) is 11.4 Å². The van der Waals surface area contributed by atoms with E-state index in [1.54, 1.807) is 23.0 Å². The van der Waals surface area contributed by atoms with Crippen LogP contribution in [0.2, 0.25) is 5.02 Å². The zero-order valence-corrected chi connectivity index (χ0v) is 21.1. The molecule has 0 amide bonds. The van der Waals surface area contributed by atoms with Gasteiger partial charge in [0.1, 0.15) is 23.4 Å². The Morgan fingerprint density at radius 1 is 1.11 bits per heavy atom. The number of alkyl halides is 3. The van der Waals surface area contributed by atoms with Crippen molar-refractivity contribution in [2.45, 2.75) is 33.2 Å². The Bertz CT molecular complexity index is 1710. The molecule has 11 heteroatoms. The second-order valence-electron chi connectivity index (χ2n) is 8.76. The molecule has 4 aromatic heterocycles. The van der Waals surface area contributed by atoms with E-state index in [4.69, 9.17) is 16.3 Å². The number of halogens is 4. The Balaban J connectivity index is 1.49. The molecule has 38 heavy (non-hydrogen) atoms. The monoisotopic (exact) mass is 539 g/mol. The Morgan fingerprint density at radius 2 is 1.92 bits per heavy atom. The molecule has 0 fully saturated rings. The van der Waals surface area contributed by atoms with Crippen LogP contribution in [-0.4, -0.2) is 24.3 Å². The number of aromatic nitrogens is 5. The molecule has 5 rings (SSSR count). The average Bonchev–Trinajstić information content (AvgIpc) is 3.30. The smallest absolute Gasteiger partial charge is 0.421 e. The molecular weight excluding hydrogens is 519 g/mol. The Labute approximate surface area is 220 Å². The lowest BCUT2D eigenvalue weighted by Crippen LogP contribution is -2.28. The minimum atomic E-state index is -4.76. The molecule has 0 spiro atoms. The third-order valence-corrected chi connectivity index (χ3v) is 6.33. The fourth-order valence-corrected chi connectivity index (χ4v) is 4.39. The van der Waals surface area contributed by atoms with Gasteiger partial charge in [-0.25, -0.2) is 9.67 Å². The van der Waals surface area contributed by atoms with Crippen LogP contribution in [-0.2, 0) is 19.3 Å². The van der Waals surface area contributed by atoms with Gasteiger partial charge < -0.3 is 9.30 Å². The highest BCUT2D eigenvalue weighted by Crippen LogP contribution is 2.31. The van der Waals surface area contributed by atoms with E-state index in [0.29, 0.717) is 27.5 Å². The Hall–Kier alpha value is -4.18. The lowest BCUT2D eigenvalue weighted by molar-refractivity contribution is -0.138. The number of pyridine rings is 3. The number of hydrogen-bond donors (Lipinski definition) is 0. The molecule has 0 saturated carbocycles. The lowest BCUT2D eigenvalue weighted by Gasteiger charge is -2.16. The van der Waals surface area contributed by atoms with E-state index < -0.39 is 17.3 Å². The minimum Gasteiger partial charge on any atom is -0.486 e. The van der Waals surface area contributed by atoms with Gasteiger partial charge in [-0.05, 0) is 49.7 Å². The predicted octanol–water partition coefficient (Wildman–Crippen LogP) is 5.89. The molecule has 0 aliphatic carbocycles. The number of aryl methyl sites for hydroxylation is 2. The van der Waals surface area contributed by atoms with Crippen molar-refractivity contribution in [2.75, 3.05) is 0 Å². The van der Waals surface area contributed by atoms with Gasteiger partial charge in [-0.15, -0.1) is 0 Å². The summed E-state index contributed by atoms with van der Waals surface area (Å²) < 4.78 is 48.6. The summed E-state index contributed by atoms with van der Waals surface area (Å²) in [6.45, 7) is 3.58. The summed E-state index contributed by atoms with van der Waals surface area (Å²) in [5.41, 5.74) is 1.59. The summed E-state index contributed by atoms with van der Waals surface area (Å²) in [4.78, 5) is 21.4. The van der Waals surface area contributed by atoms with Gasteiger partial charge >= 0.3 is 6.18 Å². The molecular formula is C27H21ClF3N5O2. The van der Waals surface area contributed by atoms with Crippen molar-refractivity contribution in [3.63, 3.8) is 0 Å². The van der Waals surface area contributed by atoms with Gasteiger partial charge in [-0.3, -0.25) is 9.78 Å². The highest BCUT2D eigenvalue weighted by atomic mass is 35.5. The van der Waals surface area contributed by atoms with Gasteiger partial charge in [-0.1, -0.05) is 23.7 Å². The summed E-state index contributed by atoms with van der Waals surface area (Å²) in [5.74, 6) is 0.485. The van der Waals surface area contributed by atoms with Gasteiger partial charge in [-0.2, -0.15) is 18.3 Å². The molecule has 0 bridgehead atoms. The summed E-state index contributed by atoms with van der Waals surface area (Å²) in [5, 5.41) is 5.55. The van der Waals surface area contributed by atoms with E-state index in [2.05, 4.69) is 15.1 Å². The van der Waals surface area contributed by atoms with Crippen LogP contribution in [0.5, 0.6) is 5.75 Å². The fourth-order valence-electron chi connectivity index (χ4n) is 4.17. The van der Waals surface area contributed by atoms with Gasteiger partial charge in [0.25, 0.3) is 5.56 Å². The van der Waals surface area contributed by atoms with Crippen LogP contribution in [0.3, 0.4) is 0 Å². The summed E-state index contributed by atoms with van der Waals surface area (Å²) >= 11 is 6.44. The molecule has 4 heterocycles. The summed E-state index contributed by atoms with van der Waals surface area (Å²) in [6, 6.07) is 10.9. The Kier molecular flexibility index (Phi) is 6.66. The van der Waals surface area contributed by atoms with Gasteiger partial charge in [0, 0.05) is 35.2 Å². The first kappa shape index (κ1) is 25.5. The molecule has 0 radical (unpaired) electrons. The van der Waals surface area contributed by atoms with Crippen molar-refractivity contribution in [3.05, 3.63) is 111 Å². The lowest BCUT2D eigenvalue weighted by atomic mass is 10.1. The van der Waals surface area contributed by atoms with Crippen LogP contribution >= 0.6 is 11.6 Å². The first-order chi connectivity index (χ1) is 18.1.